The SMILES string of the molecule is CCCCC(CC)Cn1c(O)c(C)c(C)c(N=Nc2ccc(S(=O)(=O)Nc3ccc(C(=O)O)cc3)cc2)c1=O. The lowest BCUT2D eigenvalue weighted by Gasteiger charge is -2.19. The van der Waals surface area contributed by atoms with Crippen molar-refractivity contribution in [2.45, 2.75) is 64.8 Å². The van der Waals surface area contributed by atoms with Crippen LogP contribution in [0.4, 0.5) is 17.1 Å². The smallest absolute Gasteiger partial charge is 0.335 e. The number of hydrogen-bond acceptors (Lipinski definition) is 7. The highest BCUT2D eigenvalue weighted by atomic mass is 32.2. The molecule has 11 heteroatoms. The Morgan fingerprint density at radius 1 is 1.00 bits per heavy atom. The molecule has 3 rings (SSSR count). The van der Waals surface area contributed by atoms with E-state index < -0.39 is 21.6 Å². The molecule has 0 spiro atoms. The largest absolute Gasteiger partial charge is 0.494 e. The first-order chi connectivity index (χ1) is 18.5. The van der Waals surface area contributed by atoms with Crippen LogP contribution in [0.3, 0.4) is 0 Å². The van der Waals surface area contributed by atoms with Gasteiger partial charge in [0.05, 0.1) is 16.1 Å². The number of carboxylic acids is 1. The second-order valence-electron chi connectivity index (χ2n) is 9.44. The first-order valence-corrected chi connectivity index (χ1v) is 14.3. The summed E-state index contributed by atoms with van der Waals surface area (Å²) in [6.07, 6.45) is 3.94. The van der Waals surface area contributed by atoms with Crippen molar-refractivity contribution in [1.82, 2.24) is 4.57 Å². The topological polar surface area (TPSA) is 150 Å². The van der Waals surface area contributed by atoms with Crippen LogP contribution < -0.4 is 10.3 Å². The minimum Gasteiger partial charge on any atom is -0.494 e. The number of pyridine rings is 1. The van der Waals surface area contributed by atoms with E-state index in [1.54, 1.807) is 13.8 Å². The van der Waals surface area contributed by atoms with E-state index in [-0.39, 0.29) is 33.6 Å². The van der Waals surface area contributed by atoms with E-state index in [0.717, 1.165) is 25.7 Å². The number of anilines is 1. The molecule has 0 bridgehead atoms. The molecule has 3 N–H and O–H groups in total. The maximum atomic E-state index is 13.3. The minimum atomic E-state index is -3.93. The summed E-state index contributed by atoms with van der Waals surface area (Å²) < 4.78 is 29.2. The third-order valence-electron chi connectivity index (χ3n) is 6.74. The quantitative estimate of drug-likeness (QED) is 0.224. The van der Waals surface area contributed by atoms with Crippen LogP contribution in [0.2, 0.25) is 0 Å². The molecule has 0 aliphatic carbocycles. The Hall–Kier alpha value is -3.99. The van der Waals surface area contributed by atoms with E-state index in [0.29, 0.717) is 23.4 Å². The van der Waals surface area contributed by atoms with Crippen molar-refractivity contribution >= 4 is 33.1 Å². The van der Waals surface area contributed by atoms with Gasteiger partial charge < -0.3 is 10.2 Å². The summed E-state index contributed by atoms with van der Waals surface area (Å²) in [5.74, 6) is -0.924. The highest BCUT2D eigenvalue weighted by Crippen LogP contribution is 2.28. The lowest BCUT2D eigenvalue weighted by Crippen LogP contribution is -2.25. The first kappa shape index (κ1) is 29.6. The molecule has 1 atom stereocenters. The number of unbranched alkanes of at least 4 members (excludes halogenated alkanes) is 1. The van der Waals surface area contributed by atoms with Crippen LogP contribution in [0.1, 0.15) is 61.0 Å². The van der Waals surface area contributed by atoms with E-state index in [2.05, 4.69) is 28.8 Å². The van der Waals surface area contributed by atoms with Crippen LogP contribution in [0.25, 0.3) is 0 Å². The van der Waals surface area contributed by atoms with Crippen LogP contribution in [0.15, 0.2) is 68.4 Å². The van der Waals surface area contributed by atoms with Gasteiger partial charge in [-0.15, -0.1) is 5.11 Å². The number of sulfonamides is 1. The van der Waals surface area contributed by atoms with Gasteiger partial charge >= 0.3 is 5.97 Å². The van der Waals surface area contributed by atoms with Crippen LogP contribution in [-0.2, 0) is 16.6 Å². The van der Waals surface area contributed by atoms with Crippen molar-refractivity contribution in [2.24, 2.45) is 16.1 Å². The molecule has 0 saturated carbocycles. The fourth-order valence-electron chi connectivity index (χ4n) is 4.09. The van der Waals surface area contributed by atoms with Crippen molar-refractivity contribution in [1.29, 1.82) is 0 Å². The van der Waals surface area contributed by atoms with Gasteiger partial charge in [-0.2, -0.15) is 5.11 Å². The van der Waals surface area contributed by atoms with E-state index in [9.17, 15) is 23.1 Å². The summed E-state index contributed by atoms with van der Waals surface area (Å²) in [7, 11) is -3.93. The minimum absolute atomic E-state index is 0.0274. The number of aromatic nitrogens is 1. The van der Waals surface area contributed by atoms with Crippen molar-refractivity contribution in [3.8, 4) is 5.88 Å². The van der Waals surface area contributed by atoms with Crippen LogP contribution >= 0.6 is 0 Å². The van der Waals surface area contributed by atoms with Gasteiger partial charge in [0, 0.05) is 17.8 Å². The molecule has 1 heterocycles. The summed E-state index contributed by atoms with van der Waals surface area (Å²) in [6, 6.07) is 11.0. The first-order valence-electron chi connectivity index (χ1n) is 12.8. The molecule has 208 valence electrons. The number of hydrogen-bond donors (Lipinski definition) is 3. The van der Waals surface area contributed by atoms with E-state index >= 15 is 0 Å². The Morgan fingerprint density at radius 3 is 2.21 bits per heavy atom. The van der Waals surface area contributed by atoms with Crippen LogP contribution in [0.5, 0.6) is 5.88 Å². The van der Waals surface area contributed by atoms with Gasteiger partial charge in [0.15, 0.2) is 11.6 Å². The molecule has 3 aromatic rings. The standard InChI is InChI=1S/C28H34N4O6S/c1-5-7-8-20(6-2)17-32-26(33)19(4)18(3)25(27(32)34)30-29-22-13-15-24(16-14-22)39(37,38)31-23-11-9-21(10-12-23)28(35)36/h9-16,20,31,33H,5-8,17H2,1-4H3,(H,35,36). The van der Waals surface area contributed by atoms with Crippen molar-refractivity contribution in [3.05, 3.63) is 75.6 Å². The molecule has 2 aromatic carbocycles. The summed E-state index contributed by atoms with van der Waals surface area (Å²) in [4.78, 5) is 24.2. The van der Waals surface area contributed by atoms with E-state index in [1.807, 2.05) is 0 Å². The molecule has 0 aliphatic heterocycles. The zero-order valence-electron chi connectivity index (χ0n) is 22.5. The monoisotopic (exact) mass is 554 g/mol. The van der Waals surface area contributed by atoms with Gasteiger partial charge in [-0.05, 0) is 80.3 Å². The van der Waals surface area contributed by atoms with Crippen LogP contribution in [0, 0.1) is 19.8 Å². The maximum Gasteiger partial charge on any atom is 0.335 e. The molecule has 0 amide bonds. The van der Waals surface area contributed by atoms with E-state index in [1.165, 1.54) is 53.1 Å². The lowest BCUT2D eigenvalue weighted by atomic mass is 9.99. The molecule has 0 radical (unpaired) electrons. The molecule has 39 heavy (non-hydrogen) atoms. The zero-order chi connectivity index (χ0) is 28.7. The number of carboxylic acid groups (broad SMARTS) is 1. The molecule has 1 aromatic heterocycles. The Morgan fingerprint density at radius 2 is 1.64 bits per heavy atom. The Kier molecular flexibility index (Phi) is 9.63. The number of nitrogens with zero attached hydrogens (tertiary/aromatic N) is 3. The number of nitrogens with one attached hydrogen (secondary N) is 1. The van der Waals surface area contributed by atoms with Gasteiger partial charge in [0.2, 0.25) is 0 Å². The number of benzene rings is 2. The van der Waals surface area contributed by atoms with Gasteiger partial charge in [-0.3, -0.25) is 14.1 Å². The molecule has 0 fully saturated rings. The van der Waals surface area contributed by atoms with Crippen LogP contribution in [-0.4, -0.2) is 29.2 Å². The molecule has 1 unspecified atom stereocenters. The second-order valence-corrected chi connectivity index (χ2v) is 11.1. The maximum absolute atomic E-state index is 13.3. The highest BCUT2D eigenvalue weighted by Gasteiger charge is 2.19. The summed E-state index contributed by atoms with van der Waals surface area (Å²) in [5.41, 5.74) is 1.38. The summed E-state index contributed by atoms with van der Waals surface area (Å²) in [6.45, 7) is 8.01. The predicted molar refractivity (Wildman–Crippen MR) is 150 cm³/mol. The van der Waals surface area contributed by atoms with Crippen molar-refractivity contribution < 1.29 is 23.4 Å². The molecule has 10 nitrogen and oxygen atoms in total. The predicted octanol–water partition coefficient (Wildman–Crippen LogP) is 6.30. The molecule has 0 saturated heterocycles. The number of carbonyl (C=O) groups is 1. The fraction of sp³-hybridized carbons (Fsp3) is 0.357. The van der Waals surface area contributed by atoms with Gasteiger partial charge in [0.25, 0.3) is 15.6 Å². The Labute approximate surface area is 228 Å². The molecular weight excluding hydrogens is 520 g/mol. The number of azo groups is 1. The van der Waals surface area contributed by atoms with E-state index in [4.69, 9.17) is 5.11 Å². The fourth-order valence-corrected chi connectivity index (χ4v) is 5.15. The second kappa shape index (κ2) is 12.7. The Balaban J connectivity index is 1.83. The average molecular weight is 555 g/mol. The van der Waals surface area contributed by atoms with Gasteiger partial charge in [0.1, 0.15) is 0 Å². The number of aromatic hydroxyl groups is 1. The average Bonchev–Trinajstić information content (AvgIpc) is 2.92. The summed E-state index contributed by atoms with van der Waals surface area (Å²) in [5, 5.41) is 28.0. The molecular formula is C28H34N4O6S. The molecule has 0 aliphatic rings. The van der Waals surface area contributed by atoms with Crippen molar-refractivity contribution in [2.75, 3.05) is 4.72 Å². The zero-order valence-corrected chi connectivity index (χ0v) is 23.3. The summed E-state index contributed by atoms with van der Waals surface area (Å²) >= 11 is 0. The number of rotatable bonds is 12. The normalized spacial score (nSPS) is 12.5. The third-order valence-corrected chi connectivity index (χ3v) is 8.13. The third kappa shape index (κ3) is 7.11. The number of aromatic carboxylic acids is 1. The Bertz CT molecular complexity index is 1510. The van der Waals surface area contributed by atoms with Gasteiger partial charge in [-0.25, -0.2) is 13.2 Å². The lowest BCUT2D eigenvalue weighted by molar-refractivity contribution is 0.0697. The highest BCUT2D eigenvalue weighted by molar-refractivity contribution is 7.92. The van der Waals surface area contributed by atoms with Crippen molar-refractivity contribution in [3.63, 3.8) is 0 Å². The van der Waals surface area contributed by atoms with Gasteiger partial charge in [-0.1, -0.05) is 33.1 Å².